The molecule has 0 bridgehead atoms. The van der Waals surface area contributed by atoms with E-state index < -0.39 is 12.1 Å². The normalized spacial score (nSPS) is 11.8. The molecule has 0 aliphatic carbocycles. The van der Waals surface area contributed by atoms with Crippen molar-refractivity contribution in [3.05, 3.63) is 35.9 Å². The van der Waals surface area contributed by atoms with Crippen LogP contribution in [0.1, 0.15) is 19.4 Å². The molecule has 0 fully saturated rings. The van der Waals surface area contributed by atoms with E-state index in [1.165, 1.54) is 7.11 Å². The number of benzene rings is 1. The number of ether oxygens (including phenoxy) is 1. The summed E-state index contributed by atoms with van der Waals surface area (Å²) >= 11 is 0. The number of methoxy groups -OCH3 is 1. The highest BCUT2D eigenvalue weighted by atomic mass is 16.5. The van der Waals surface area contributed by atoms with Crippen LogP contribution in [0.5, 0.6) is 0 Å². The van der Waals surface area contributed by atoms with Gasteiger partial charge in [-0.1, -0.05) is 30.3 Å². The molecule has 2 amide bonds. The first-order valence-electron chi connectivity index (χ1n) is 6.21. The minimum Gasteiger partial charge on any atom is -0.453 e. The first kappa shape index (κ1) is 15.0. The molecule has 5 heteroatoms. The van der Waals surface area contributed by atoms with Crippen LogP contribution < -0.4 is 10.6 Å². The van der Waals surface area contributed by atoms with Gasteiger partial charge in [0, 0.05) is 12.5 Å². The summed E-state index contributed by atoms with van der Waals surface area (Å²) in [4.78, 5) is 23.3. The fourth-order valence-electron chi connectivity index (χ4n) is 1.65. The van der Waals surface area contributed by atoms with Crippen LogP contribution in [0.4, 0.5) is 4.79 Å². The van der Waals surface area contributed by atoms with Crippen LogP contribution in [0, 0.1) is 0 Å². The number of carbonyl (C=O) groups is 2. The molecule has 0 radical (unpaired) electrons. The lowest BCUT2D eigenvalue weighted by Crippen LogP contribution is -2.49. The van der Waals surface area contributed by atoms with Crippen molar-refractivity contribution in [1.29, 1.82) is 0 Å². The van der Waals surface area contributed by atoms with Crippen LogP contribution in [0.3, 0.4) is 0 Å². The van der Waals surface area contributed by atoms with Crippen LogP contribution in [0.2, 0.25) is 0 Å². The van der Waals surface area contributed by atoms with Crippen molar-refractivity contribution in [2.45, 2.75) is 32.4 Å². The second-order valence-electron chi connectivity index (χ2n) is 4.54. The number of nitrogens with one attached hydrogen (secondary N) is 2. The van der Waals surface area contributed by atoms with Gasteiger partial charge in [0.1, 0.15) is 6.04 Å². The molecule has 0 aliphatic heterocycles. The topological polar surface area (TPSA) is 67.4 Å². The van der Waals surface area contributed by atoms with E-state index in [2.05, 4.69) is 15.4 Å². The molecule has 19 heavy (non-hydrogen) atoms. The average Bonchev–Trinajstić information content (AvgIpc) is 2.38. The van der Waals surface area contributed by atoms with E-state index in [0.29, 0.717) is 6.42 Å². The molecule has 0 aliphatic rings. The molecule has 5 nitrogen and oxygen atoms in total. The summed E-state index contributed by atoms with van der Waals surface area (Å²) in [6.45, 7) is 3.74. The number of alkyl carbamates (subject to hydrolysis) is 1. The predicted molar refractivity (Wildman–Crippen MR) is 72.8 cm³/mol. The summed E-state index contributed by atoms with van der Waals surface area (Å²) in [5, 5.41) is 5.33. The predicted octanol–water partition coefficient (Wildman–Crippen LogP) is 1.48. The Morgan fingerprint density at radius 1 is 1.16 bits per heavy atom. The number of hydrogen-bond acceptors (Lipinski definition) is 3. The molecular weight excluding hydrogens is 244 g/mol. The van der Waals surface area contributed by atoms with E-state index in [9.17, 15) is 9.59 Å². The fourth-order valence-corrected chi connectivity index (χ4v) is 1.65. The van der Waals surface area contributed by atoms with E-state index in [0.717, 1.165) is 5.56 Å². The third-order valence-electron chi connectivity index (χ3n) is 2.51. The minimum absolute atomic E-state index is 0.0187. The van der Waals surface area contributed by atoms with E-state index >= 15 is 0 Å². The van der Waals surface area contributed by atoms with Gasteiger partial charge in [0.05, 0.1) is 7.11 Å². The molecule has 0 heterocycles. The zero-order valence-electron chi connectivity index (χ0n) is 11.5. The molecule has 1 atom stereocenters. The summed E-state index contributed by atoms with van der Waals surface area (Å²) in [6, 6.07) is 8.89. The van der Waals surface area contributed by atoms with Crippen molar-refractivity contribution in [3.63, 3.8) is 0 Å². The maximum absolute atomic E-state index is 12.0. The third kappa shape index (κ3) is 5.42. The van der Waals surface area contributed by atoms with Crippen molar-refractivity contribution in [2.24, 2.45) is 0 Å². The maximum atomic E-state index is 12.0. The van der Waals surface area contributed by atoms with Gasteiger partial charge in [-0.2, -0.15) is 0 Å². The van der Waals surface area contributed by atoms with Crippen LogP contribution in [-0.4, -0.2) is 31.2 Å². The molecule has 1 aromatic rings. The van der Waals surface area contributed by atoms with E-state index in [-0.39, 0.29) is 11.9 Å². The van der Waals surface area contributed by atoms with Gasteiger partial charge in [-0.05, 0) is 19.4 Å². The first-order valence-corrected chi connectivity index (χ1v) is 6.21. The lowest BCUT2D eigenvalue weighted by Gasteiger charge is -2.19. The maximum Gasteiger partial charge on any atom is 0.407 e. The largest absolute Gasteiger partial charge is 0.453 e. The highest BCUT2D eigenvalue weighted by Gasteiger charge is 2.21. The summed E-state index contributed by atoms with van der Waals surface area (Å²) < 4.78 is 4.54. The van der Waals surface area contributed by atoms with E-state index in [1.54, 1.807) is 0 Å². The summed E-state index contributed by atoms with van der Waals surface area (Å²) in [6.07, 6.45) is -0.186. The van der Waals surface area contributed by atoms with Gasteiger partial charge >= 0.3 is 6.09 Å². The summed E-state index contributed by atoms with van der Waals surface area (Å²) in [5.41, 5.74) is 0.975. The van der Waals surface area contributed by atoms with E-state index in [4.69, 9.17) is 0 Å². The van der Waals surface area contributed by atoms with Crippen LogP contribution in [-0.2, 0) is 16.0 Å². The molecular formula is C14H20N2O3. The molecule has 0 aromatic heterocycles. The fraction of sp³-hybridized carbons (Fsp3) is 0.429. The number of carbonyl (C=O) groups excluding carboxylic acids is 2. The van der Waals surface area contributed by atoms with Crippen LogP contribution >= 0.6 is 0 Å². The van der Waals surface area contributed by atoms with Gasteiger partial charge in [0.25, 0.3) is 0 Å². The number of hydrogen-bond donors (Lipinski definition) is 2. The third-order valence-corrected chi connectivity index (χ3v) is 2.51. The SMILES string of the molecule is COC(=O)N[C@@H](Cc1ccccc1)C(=O)NC(C)C. The lowest BCUT2D eigenvalue weighted by atomic mass is 10.1. The van der Waals surface area contributed by atoms with Gasteiger partial charge in [-0.15, -0.1) is 0 Å². The smallest absolute Gasteiger partial charge is 0.407 e. The molecule has 0 unspecified atom stereocenters. The van der Waals surface area contributed by atoms with Crippen LogP contribution in [0.25, 0.3) is 0 Å². The molecule has 0 saturated heterocycles. The molecule has 104 valence electrons. The number of rotatable bonds is 5. The highest BCUT2D eigenvalue weighted by molar-refractivity contribution is 5.86. The second-order valence-corrected chi connectivity index (χ2v) is 4.54. The molecule has 2 N–H and O–H groups in total. The monoisotopic (exact) mass is 264 g/mol. The molecule has 0 spiro atoms. The van der Waals surface area contributed by atoms with Crippen molar-refractivity contribution in [3.8, 4) is 0 Å². The highest BCUT2D eigenvalue weighted by Crippen LogP contribution is 2.04. The van der Waals surface area contributed by atoms with Crippen molar-refractivity contribution in [1.82, 2.24) is 10.6 Å². The Balaban J connectivity index is 2.74. The Kier molecular flexibility index (Phi) is 5.85. The first-order chi connectivity index (χ1) is 9.02. The average molecular weight is 264 g/mol. The quantitative estimate of drug-likeness (QED) is 0.846. The zero-order chi connectivity index (χ0) is 14.3. The zero-order valence-corrected chi connectivity index (χ0v) is 11.5. The Morgan fingerprint density at radius 2 is 1.79 bits per heavy atom. The molecule has 1 aromatic carbocycles. The summed E-state index contributed by atoms with van der Waals surface area (Å²) in [7, 11) is 1.27. The van der Waals surface area contributed by atoms with Gasteiger partial charge in [-0.3, -0.25) is 4.79 Å². The van der Waals surface area contributed by atoms with Gasteiger partial charge in [0.15, 0.2) is 0 Å². The standard InChI is InChI=1S/C14H20N2O3/c1-10(2)15-13(17)12(16-14(18)19-3)9-11-7-5-4-6-8-11/h4-8,10,12H,9H2,1-3H3,(H,15,17)(H,16,18)/t12-/m0/s1. The minimum atomic E-state index is -0.641. The van der Waals surface area contributed by atoms with E-state index in [1.807, 2.05) is 44.2 Å². The second kappa shape index (κ2) is 7.41. The Morgan fingerprint density at radius 3 is 2.32 bits per heavy atom. The molecule has 0 saturated carbocycles. The van der Waals surface area contributed by atoms with Gasteiger partial charge in [-0.25, -0.2) is 4.79 Å². The Hall–Kier alpha value is -2.04. The summed E-state index contributed by atoms with van der Waals surface area (Å²) in [5.74, 6) is -0.218. The van der Waals surface area contributed by atoms with Crippen LogP contribution in [0.15, 0.2) is 30.3 Å². The van der Waals surface area contributed by atoms with Gasteiger partial charge < -0.3 is 15.4 Å². The van der Waals surface area contributed by atoms with Crippen molar-refractivity contribution < 1.29 is 14.3 Å². The van der Waals surface area contributed by atoms with Crippen molar-refractivity contribution in [2.75, 3.05) is 7.11 Å². The molecule has 1 rings (SSSR count). The Labute approximate surface area is 113 Å². The lowest BCUT2D eigenvalue weighted by molar-refractivity contribution is -0.123. The van der Waals surface area contributed by atoms with Gasteiger partial charge in [0.2, 0.25) is 5.91 Å². The number of amides is 2. The van der Waals surface area contributed by atoms with Crippen molar-refractivity contribution >= 4 is 12.0 Å². The Bertz CT molecular complexity index is 418.